The number of phenolic OH excluding ortho intramolecular Hbond substituents is 1. The molecule has 0 aliphatic carbocycles. The lowest BCUT2D eigenvalue weighted by atomic mass is 10.2. The zero-order valence-corrected chi connectivity index (χ0v) is 16.0. The van der Waals surface area contributed by atoms with Crippen LogP contribution in [0.2, 0.25) is 5.02 Å². The van der Waals surface area contributed by atoms with E-state index in [9.17, 15) is 9.90 Å². The number of aryl methyl sites for hydroxylation is 2. The van der Waals surface area contributed by atoms with E-state index in [1.165, 1.54) is 22.5 Å². The summed E-state index contributed by atoms with van der Waals surface area (Å²) < 4.78 is 8.28. The molecule has 1 aromatic heterocycles. The van der Waals surface area contributed by atoms with Gasteiger partial charge in [0.25, 0.3) is 0 Å². The highest BCUT2D eigenvalue weighted by Gasteiger charge is 2.16. The van der Waals surface area contributed by atoms with Crippen LogP contribution in [0.4, 0.5) is 0 Å². The molecule has 1 N–H and O–H groups in total. The lowest BCUT2D eigenvalue weighted by Crippen LogP contribution is -2.23. The zero-order chi connectivity index (χ0) is 18.8. The molecule has 3 aromatic rings. The van der Waals surface area contributed by atoms with E-state index in [2.05, 4.69) is 10.4 Å². The maximum Gasteiger partial charge on any atom is 0.368 e. The van der Waals surface area contributed by atoms with Crippen molar-refractivity contribution in [3.8, 4) is 17.2 Å². The number of hydrogen-bond donors (Lipinski definition) is 1. The number of halogens is 1. The average Bonchev–Trinajstić information content (AvgIpc) is 2.95. The van der Waals surface area contributed by atoms with Crippen molar-refractivity contribution in [1.29, 1.82) is 0 Å². The van der Waals surface area contributed by atoms with E-state index in [1.807, 2.05) is 18.4 Å². The Morgan fingerprint density at radius 1 is 1.31 bits per heavy atom. The number of tetrazole rings is 1. The lowest BCUT2D eigenvalue weighted by molar-refractivity contribution is 0.302. The van der Waals surface area contributed by atoms with Crippen LogP contribution >= 0.6 is 23.4 Å². The fourth-order valence-corrected chi connectivity index (χ4v) is 3.30. The summed E-state index contributed by atoms with van der Waals surface area (Å²) in [4.78, 5) is 13.2. The van der Waals surface area contributed by atoms with E-state index in [-0.39, 0.29) is 18.0 Å². The average molecular weight is 393 g/mol. The first-order valence-electron chi connectivity index (χ1n) is 7.69. The molecule has 3 rings (SSSR count). The summed E-state index contributed by atoms with van der Waals surface area (Å²) in [5.41, 5.74) is 1.71. The Kier molecular flexibility index (Phi) is 5.24. The molecule has 0 saturated carbocycles. The number of benzene rings is 2. The first-order chi connectivity index (χ1) is 12.4. The number of aromatic nitrogens is 4. The summed E-state index contributed by atoms with van der Waals surface area (Å²) >= 11 is 7.69. The van der Waals surface area contributed by atoms with E-state index in [1.54, 1.807) is 26.1 Å². The summed E-state index contributed by atoms with van der Waals surface area (Å²) in [5.74, 6) is 0.564. The molecule has 0 spiro atoms. The van der Waals surface area contributed by atoms with Crippen LogP contribution in [0.3, 0.4) is 0 Å². The second kappa shape index (κ2) is 7.43. The highest BCUT2D eigenvalue weighted by molar-refractivity contribution is 7.98. The molecule has 0 atom stereocenters. The second-order valence-electron chi connectivity index (χ2n) is 5.61. The molecule has 0 amide bonds. The Balaban J connectivity index is 2.01. The molecule has 136 valence electrons. The zero-order valence-electron chi connectivity index (χ0n) is 14.4. The van der Waals surface area contributed by atoms with Gasteiger partial charge in [-0.3, -0.25) is 0 Å². The van der Waals surface area contributed by atoms with Crippen LogP contribution in [0.15, 0.2) is 40.0 Å². The molecule has 0 bridgehead atoms. The maximum absolute atomic E-state index is 12.2. The van der Waals surface area contributed by atoms with Crippen molar-refractivity contribution in [3.63, 3.8) is 0 Å². The minimum absolute atomic E-state index is 0.110. The monoisotopic (exact) mass is 392 g/mol. The molecular formula is C17H17ClN4O3S. The molecule has 0 saturated heterocycles. The molecule has 0 aliphatic rings. The van der Waals surface area contributed by atoms with Gasteiger partial charge in [-0.1, -0.05) is 17.7 Å². The summed E-state index contributed by atoms with van der Waals surface area (Å²) in [7, 11) is 1.54. The van der Waals surface area contributed by atoms with Gasteiger partial charge in [-0.05, 0) is 47.4 Å². The topological polar surface area (TPSA) is 82.2 Å². The lowest BCUT2D eigenvalue weighted by Gasteiger charge is -2.15. The molecule has 0 fully saturated rings. The molecule has 26 heavy (non-hydrogen) atoms. The van der Waals surface area contributed by atoms with Gasteiger partial charge in [0.05, 0.1) is 10.7 Å². The molecule has 1 heterocycles. The first-order valence-corrected chi connectivity index (χ1v) is 9.29. The van der Waals surface area contributed by atoms with Crippen molar-refractivity contribution in [1.82, 2.24) is 19.8 Å². The maximum atomic E-state index is 12.2. The standard InChI is InChI=1S/C17H17ClN4O3S/c1-10-7-15(12(18)8-14(10)23)25-9-11-13(5-4-6-16(11)26-3)22-17(24)21(2)19-20-22/h4-8,23H,9H2,1-3H3. The molecule has 0 aliphatic heterocycles. The second-order valence-corrected chi connectivity index (χ2v) is 6.87. The molecule has 2 aromatic carbocycles. The molecule has 0 unspecified atom stereocenters. The number of rotatable bonds is 5. The number of nitrogens with zero attached hydrogens (tertiary/aromatic N) is 4. The normalized spacial score (nSPS) is 10.9. The van der Waals surface area contributed by atoms with Crippen LogP contribution in [-0.2, 0) is 13.7 Å². The van der Waals surface area contributed by atoms with Crippen molar-refractivity contribution in [2.24, 2.45) is 7.05 Å². The van der Waals surface area contributed by atoms with Crippen molar-refractivity contribution in [3.05, 3.63) is 57.0 Å². The summed E-state index contributed by atoms with van der Waals surface area (Å²) in [6, 6.07) is 8.70. The Bertz CT molecular complexity index is 1020. The van der Waals surface area contributed by atoms with Gasteiger partial charge in [0.2, 0.25) is 0 Å². The highest BCUT2D eigenvalue weighted by atomic mass is 35.5. The van der Waals surface area contributed by atoms with Gasteiger partial charge in [0.1, 0.15) is 18.1 Å². The van der Waals surface area contributed by atoms with Crippen molar-refractivity contribution in [2.45, 2.75) is 18.4 Å². The Morgan fingerprint density at radius 2 is 2.08 bits per heavy atom. The van der Waals surface area contributed by atoms with E-state index in [0.717, 1.165) is 15.1 Å². The van der Waals surface area contributed by atoms with Crippen molar-refractivity contribution in [2.75, 3.05) is 6.26 Å². The molecular weight excluding hydrogens is 376 g/mol. The summed E-state index contributed by atoms with van der Waals surface area (Å²) in [5, 5.41) is 17.7. The van der Waals surface area contributed by atoms with E-state index < -0.39 is 0 Å². The van der Waals surface area contributed by atoms with Crippen LogP contribution in [0.1, 0.15) is 11.1 Å². The first kappa shape index (κ1) is 18.3. The fourth-order valence-electron chi connectivity index (χ4n) is 2.46. The van der Waals surface area contributed by atoms with Gasteiger partial charge in [-0.2, -0.15) is 9.36 Å². The fraction of sp³-hybridized carbons (Fsp3) is 0.235. The van der Waals surface area contributed by atoms with Gasteiger partial charge in [-0.25, -0.2) is 4.79 Å². The van der Waals surface area contributed by atoms with Gasteiger partial charge in [-0.15, -0.1) is 11.8 Å². The van der Waals surface area contributed by atoms with E-state index in [4.69, 9.17) is 16.3 Å². The quantitative estimate of drug-likeness (QED) is 0.672. The SMILES string of the molecule is CSc1cccc(-n2nnn(C)c2=O)c1COc1cc(C)c(O)cc1Cl. The van der Waals surface area contributed by atoms with Crippen molar-refractivity contribution < 1.29 is 9.84 Å². The van der Waals surface area contributed by atoms with Crippen LogP contribution in [0.5, 0.6) is 11.5 Å². The number of phenols is 1. The van der Waals surface area contributed by atoms with E-state index in [0.29, 0.717) is 22.0 Å². The Hall–Kier alpha value is -2.45. The third-order valence-corrected chi connectivity index (χ3v) is 5.02. The molecule has 9 heteroatoms. The minimum atomic E-state index is -0.344. The number of aromatic hydroxyl groups is 1. The van der Waals surface area contributed by atoms with Gasteiger partial charge in [0, 0.05) is 23.6 Å². The van der Waals surface area contributed by atoms with Gasteiger partial charge in [0.15, 0.2) is 0 Å². The predicted molar refractivity (Wildman–Crippen MR) is 101 cm³/mol. The Morgan fingerprint density at radius 3 is 2.73 bits per heavy atom. The Labute approximate surface area is 159 Å². The van der Waals surface area contributed by atoms with Crippen LogP contribution in [-0.4, -0.2) is 31.2 Å². The third kappa shape index (κ3) is 3.42. The number of hydrogen-bond acceptors (Lipinski definition) is 6. The van der Waals surface area contributed by atoms with E-state index >= 15 is 0 Å². The van der Waals surface area contributed by atoms with Crippen LogP contribution in [0, 0.1) is 6.92 Å². The predicted octanol–water partition coefficient (Wildman–Crippen LogP) is 2.93. The van der Waals surface area contributed by atoms with Gasteiger partial charge >= 0.3 is 5.69 Å². The molecule has 0 radical (unpaired) electrons. The highest BCUT2D eigenvalue weighted by Crippen LogP contribution is 2.33. The van der Waals surface area contributed by atoms with Crippen LogP contribution < -0.4 is 10.4 Å². The van der Waals surface area contributed by atoms with Gasteiger partial charge < -0.3 is 9.84 Å². The van der Waals surface area contributed by atoms with Crippen molar-refractivity contribution >= 4 is 23.4 Å². The summed E-state index contributed by atoms with van der Waals surface area (Å²) in [6.45, 7) is 1.94. The smallest absolute Gasteiger partial charge is 0.368 e. The number of ether oxygens (including phenoxy) is 1. The van der Waals surface area contributed by atoms with Crippen LogP contribution in [0.25, 0.3) is 5.69 Å². The minimum Gasteiger partial charge on any atom is -0.508 e. The summed E-state index contributed by atoms with van der Waals surface area (Å²) in [6.07, 6.45) is 1.94. The number of thioether (sulfide) groups is 1. The third-order valence-electron chi connectivity index (χ3n) is 3.90. The molecule has 7 nitrogen and oxygen atoms in total. The largest absolute Gasteiger partial charge is 0.508 e.